The van der Waals surface area contributed by atoms with Crippen LogP contribution in [0.4, 0.5) is 0 Å². The van der Waals surface area contributed by atoms with Gasteiger partial charge in [-0.1, -0.05) is 0 Å². The van der Waals surface area contributed by atoms with Crippen molar-refractivity contribution in [2.45, 2.75) is 6.42 Å². The molecule has 0 aliphatic heterocycles. The SMILES string of the molecule is NCCc1ncn2nc(-c3ccc(O)cc3)ccc12. The number of rotatable bonds is 3. The van der Waals surface area contributed by atoms with Crippen molar-refractivity contribution in [2.24, 2.45) is 5.73 Å². The third-order valence-electron chi connectivity index (χ3n) is 3.02. The molecule has 0 spiro atoms. The van der Waals surface area contributed by atoms with Gasteiger partial charge in [-0.25, -0.2) is 9.50 Å². The molecule has 2 aromatic heterocycles. The first-order valence-electron chi connectivity index (χ1n) is 6.10. The zero-order valence-electron chi connectivity index (χ0n) is 10.3. The number of phenols is 1. The van der Waals surface area contributed by atoms with Crippen LogP contribution in [-0.4, -0.2) is 26.2 Å². The summed E-state index contributed by atoms with van der Waals surface area (Å²) in [4.78, 5) is 4.31. The maximum absolute atomic E-state index is 9.29. The maximum Gasteiger partial charge on any atom is 0.118 e. The molecule has 0 amide bonds. The lowest BCUT2D eigenvalue weighted by Crippen LogP contribution is -2.03. The molecule has 0 aliphatic carbocycles. The lowest BCUT2D eigenvalue weighted by atomic mass is 10.1. The highest BCUT2D eigenvalue weighted by atomic mass is 16.3. The highest BCUT2D eigenvalue weighted by molar-refractivity contribution is 5.63. The van der Waals surface area contributed by atoms with Crippen LogP contribution in [0.5, 0.6) is 5.75 Å². The predicted molar refractivity (Wildman–Crippen MR) is 72.8 cm³/mol. The molecule has 0 radical (unpaired) electrons. The van der Waals surface area contributed by atoms with Crippen molar-refractivity contribution in [3.05, 3.63) is 48.4 Å². The summed E-state index contributed by atoms with van der Waals surface area (Å²) in [5, 5.41) is 13.8. The van der Waals surface area contributed by atoms with E-state index in [1.807, 2.05) is 24.3 Å². The van der Waals surface area contributed by atoms with Crippen molar-refractivity contribution >= 4 is 5.52 Å². The average Bonchev–Trinajstić information content (AvgIpc) is 2.83. The van der Waals surface area contributed by atoms with Crippen LogP contribution in [0, 0.1) is 0 Å². The van der Waals surface area contributed by atoms with Gasteiger partial charge in [0, 0.05) is 12.0 Å². The molecule has 2 heterocycles. The van der Waals surface area contributed by atoms with Crippen molar-refractivity contribution < 1.29 is 5.11 Å². The summed E-state index contributed by atoms with van der Waals surface area (Å²) < 4.78 is 1.76. The molecule has 0 atom stereocenters. The Kier molecular flexibility index (Phi) is 2.89. The van der Waals surface area contributed by atoms with E-state index in [1.165, 1.54) is 0 Å². The van der Waals surface area contributed by atoms with Crippen molar-refractivity contribution in [3.63, 3.8) is 0 Å². The molecule has 0 aliphatic rings. The molecule has 3 rings (SSSR count). The largest absolute Gasteiger partial charge is 0.508 e. The van der Waals surface area contributed by atoms with Gasteiger partial charge in [0.25, 0.3) is 0 Å². The number of hydrogen-bond acceptors (Lipinski definition) is 4. The fourth-order valence-electron chi connectivity index (χ4n) is 2.06. The monoisotopic (exact) mass is 254 g/mol. The van der Waals surface area contributed by atoms with E-state index < -0.39 is 0 Å². The highest BCUT2D eigenvalue weighted by Gasteiger charge is 2.06. The summed E-state index contributed by atoms with van der Waals surface area (Å²) in [6.07, 6.45) is 2.45. The average molecular weight is 254 g/mol. The van der Waals surface area contributed by atoms with Crippen molar-refractivity contribution in [3.8, 4) is 17.0 Å². The van der Waals surface area contributed by atoms with Crippen LogP contribution in [0.1, 0.15) is 5.69 Å². The van der Waals surface area contributed by atoms with Gasteiger partial charge in [-0.3, -0.25) is 0 Å². The van der Waals surface area contributed by atoms with Gasteiger partial charge in [-0.15, -0.1) is 0 Å². The van der Waals surface area contributed by atoms with Gasteiger partial charge in [0.1, 0.15) is 12.1 Å². The van der Waals surface area contributed by atoms with Gasteiger partial charge in [-0.05, 0) is 42.9 Å². The molecule has 5 nitrogen and oxygen atoms in total. The van der Waals surface area contributed by atoms with E-state index in [2.05, 4.69) is 10.1 Å². The van der Waals surface area contributed by atoms with Gasteiger partial charge in [-0.2, -0.15) is 5.10 Å². The van der Waals surface area contributed by atoms with E-state index >= 15 is 0 Å². The second-order valence-corrected chi connectivity index (χ2v) is 4.33. The van der Waals surface area contributed by atoms with Crippen LogP contribution < -0.4 is 5.73 Å². The minimum atomic E-state index is 0.248. The van der Waals surface area contributed by atoms with E-state index in [9.17, 15) is 5.11 Å². The predicted octanol–water partition coefficient (Wildman–Crippen LogP) is 1.60. The molecule has 96 valence electrons. The number of aromatic hydroxyl groups is 1. The van der Waals surface area contributed by atoms with Crippen LogP contribution in [0.15, 0.2) is 42.7 Å². The zero-order chi connectivity index (χ0) is 13.2. The van der Waals surface area contributed by atoms with Crippen molar-refractivity contribution in [1.29, 1.82) is 0 Å². The summed E-state index contributed by atoms with van der Waals surface area (Å²) in [5.74, 6) is 0.248. The Balaban J connectivity index is 2.04. The lowest BCUT2D eigenvalue weighted by Gasteiger charge is -2.02. The maximum atomic E-state index is 9.29. The Morgan fingerprint density at radius 3 is 2.63 bits per heavy atom. The summed E-state index contributed by atoms with van der Waals surface area (Å²) in [6.45, 7) is 0.576. The number of nitrogens with zero attached hydrogens (tertiary/aromatic N) is 3. The van der Waals surface area contributed by atoms with Crippen molar-refractivity contribution in [2.75, 3.05) is 6.54 Å². The summed E-state index contributed by atoms with van der Waals surface area (Å²) in [7, 11) is 0. The Morgan fingerprint density at radius 1 is 1.11 bits per heavy atom. The molecule has 5 heteroatoms. The standard InChI is InChI=1S/C14H14N4O/c15-8-7-13-14-6-5-12(17-18(14)9-16-13)10-1-3-11(19)4-2-10/h1-6,9,19H,7-8,15H2. The molecule has 1 aromatic carbocycles. The van der Waals surface area contributed by atoms with Crippen LogP contribution in [0.25, 0.3) is 16.8 Å². The van der Waals surface area contributed by atoms with E-state index in [-0.39, 0.29) is 5.75 Å². The Hall–Kier alpha value is -2.40. The van der Waals surface area contributed by atoms with Gasteiger partial charge in [0.15, 0.2) is 0 Å². The topological polar surface area (TPSA) is 76.4 Å². The second-order valence-electron chi connectivity index (χ2n) is 4.33. The number of imidazole rings is 1. The molecular formula is C14H14N4O. The third kappa shape index (κ3) is 2.15. The number of benzene rings is 1. The number of fused-ring (bicyclic) bond motifs is 1. The van der Waals surface area contributed by atoms with E-state index in [4.69, 9.17) is 5.73 Å². The van der Waals surface area contributed by atoms with Crippen LogP contribution in [-0.2, 0) is 6.42 Å². The molecule has 19 heavy (non-hydrogen) atoms. The molecule has 0 saturated carbocycles. The van der Waals surface area contributed by atoms with Gasteiger partial charge in [0.2, 0.25) is 0 Å². The Morgan fingerprint density at radius 2 is 1.89 bits per heavy atom. The summed E-state index contributed by atoms with van der Waals surface area (Å²) in [5.41, 5.74) is 9.29. The van der Waals surface area contributed by atoms with Crippen LogP contribution in [0.3, 0.4) is 0 Å². The van der Waals surface area contributed by atoms with Gasteiger partial charge in [0.05, 0.1) is 16.9 Å². The molecule has 0 saturated heterocycles. The van der Waals surface area contributed by atoms with Crippen LogP contribution >= 0.6 is 0 Å². The van der Waals surface area contributed by atoms with Gasteiger partial charge < -0.3 is 10.8 Å². The number of hydrogen-bond donors (Lipinski definition) is 2. The smallest absolute Gasteiger partial charge is 0.118 e. The van der Waals surface area contributed by atoms with Crippen molar-refractivity contribution in [1.82, 2.24) is 14.6 Å². The summed E-state index contributed by atoms with van der Waals surface area (Å²) in [6, 6.07) is 10.9. The number of nitrogens with two attached hydrogens (primary N) is 1. The highest BCUT2D eigenvalue weighted by Crippen LogP contribution is 2.21. The zero-order valence-corrected chi connectivity index (χ0v) is 10.3. The lowest BCUT2D eigenvalue weighted by molar-refractivity contribution is 0.475. The first-order valence-corrected chi connectivity index (χ1v) is 6.10. The van der Waals surface area contributed by atoms with Gasteiger partial charge >= 0.3 is 0 Å². The van der Waals surface area contributed by atoms with E-state index in [0.29, 0.717) is 6.54 Å². The fraction of sp³-hybridized carbons (Fsp3) is 0.143. The Bertz CT molecular complexity index is 703. The first kappa shape index (κ1) is 11.7. The molecule has 0 unspecified atom stereocenters. The minimum Gasteiger partial charge on any atom is -0.508 e. The molecular weight excluding hydrogens is 240 g/mol. The summed E-state index contributed by atoms with van der Waals surface area (Å²) >= 11 is 0. The molecule has 3 aromatic rings. The molecule has 0 fully saturated rings. The third-order valence-corrected chi connectivity index (χ3v) is 3.02. The number of phenolic OH excluding ortho intramolecular Hbond substituents is 1. The molecule has 0 bridgehead atoms. The second kappa shape index (κ2) is 4.70. The van der Waals surface area contributed by atoms with E-state index in [1.54, 1.807) is 23.0 Å². The number of aromatic nitrogens is 3. The molecule has 3 N–H and O–H groups in total. The van der Waals surface area contributed by atoms with E-state index in [0.717, 1.165) is 28.9 Å². The normalized spacial score (nSPS) is 11.0. The fourth-order valence-corrected chi connectivity index (χ4v) is 2.06. The minimum absolute atomic E-state index is 0.248. The quantitative estimate of drug-likeness (QED) is 0.744. The Labute approximate surface area is 110 Å². The first-order chi connectivity index (χ1) is 9.28. The van der Waals surface area contributed by atoms with Crippen LogP contribution in [0.2, 0.25) is 0 Å².